The van der Waals surface area contributed by atoms with Gasteiger partial charge in [0.05, 0.1) is 17.6 Å². The van der Waals surface area contributed by atoms with Crippen LogP contribution in [0.1, 0.15) is 57.6 Å². The molecule has 1 aliphatic carbocycles. The first-order valence-corrected chi connectivity index (χ1v) is 8.19. The summed E-state index contributed by atoms with van der Waals surface area (Å²) < 4.78 is 7.68. The van der Waals surface area contributed by atoms with Crippen LogP contribution in [0.5, 0.6) is 0 Å². The van der Waals surface area contributed by atoms with Crippen LogP contribution in [0.25, 0.3) is 0 Å². The van der Waals surface area contributed by atoms with E-state index in [1.807, 2.05) is 6.20 Å². The highest BCUT2D eigenvalue weighted by molar-refractivity contribution is 5.50. The number of nitrogens with zero attached hydrogens (tertiary/aromatic N) is 2. The molecule has 0 amide bonds. The summed E-state index contributed by atoms with van der Waals surface area (Å²) >= 11 is 0. The number of aryl methyl sites for hydroxylation is 1. The van der Waals surface area contributed by atoms with Gasteiger partial charge in [-0.3, -0.25) is 4.68 Å². The minimum atomic E-state index is 0.510. The number of rotatable bonds is 6. The second-order valence-corrected chi connectivity index (χ2v) is 6.32. The lowest BCUT2D eigenvalue weighted by Gasteiger charge is -2.29. The molecule has 2 aliphatic rings. The van der Waals surface area contributed by atoms with E-state index in [9.17, 15) is 0 Å². The van der Waals surface area contributed by atoms with Gasteiger partial charge < -0.3 is 10.1 Å². The Balaban J connectivity index is 1.69. The molecule has 3 rings (SSSR count). The molecule has 0 radical (unpaired) electrons. The Hall–Kier alpha value is -1.03. The van der Waals surface area contributed by atoms with Crippen LogP contribution in [-0.2, 0) is 11.3 Å². The van der Waals surface area contributed by atoms with Crippen LogP contribution in [0.4, 0.5) is 5.69 Å². The first-order chi connectivity index (χ1) is 9.79. The molecule has 1 saturated carbocycles. The van der Waals surface area contributed by atoms with Crippen molar-refractivity contribution < 1.29 is 4.74 Å². The zero-order chi connectivity index (χ0) is 13.9. The quantitative estimate of drug-likeness (QED) is 0.866. The molecule has 1 unspecified atom stereocenters. The first kappa shape index (κ1) is 13.9. The molecule has 1 saturated heterocycles. The van der Waals surface area contributed by atoms with E-state index in [0.717, 1.165) is 38.0 Å². The molecular formula is C16H27N3O. The second-order valence-electron chi connectivity index (χ2n) is 6.32. The Kier molecular flexibility index (Phi) is 4.29. The topological polar surface area (TPSA) is 39.1 Å². The third-order valence-electron chi connectivity index (χ3n) is 4.64. The number of anilines is 1. The van der Waals surface area contributed by atoms with Crippen molar-refractivity contribution >= 4 is 5.69 Å². The molecule has 4 heteroatoms. The van der Waals surface area contributed by atoms with E-state index >= 15 is 0 Å². The summed E-state index contributed by atoms with van der Waals surface area (Å²) in [7, 11) is 0. The number of hydrogen-bond acceptors (Lipinski definition) is 3. The van der Waals surface area contributed by atoms with E-state index in [-0.39, 0.29) is 0 Å². The normalized spacial score (nSPS) is 21.9. The van der Waals surface area contributed by atoms with Crippen LogP contribution < -0.4 is 5.32 Å². The molecule has 20 heavy (non-hydrogen) atoms. The van der Waals surface area contributed by atoms with Crippen molar-refractivity contribution in [3.8, 4) is 0 Å². The first-order valence-electron chi connectivity index (χ1n) is 8.19. The molecule has 1 atom stereocenters. The average Bonchev–Trinajstić information content (AvgIpc) is 3.24. The zero-order valence-electron chi connectivity index (χ0n) is 12.8. The highest BCUT2D eigenvalue weighted by Gasteiger charge is 2.31. The fraction of sp³-hybridized carbons (Fsp3) is 0.812. The molecule has 0 spiro atoms. The van der Waals surface area contributed by atoms with Gasteiger partial charge in [0.15, 0.2) is 0 Å². The number of nitrogens with one attached hydrogen (secondary N) is 1. The largest absolute Gasteiger partial charge is 0.381 e. The van der Waals surface area contributed by atoms with E-state index in [0.29, 0.717) is 6.04 Å². The van der Waals surface area contributed by atoms with E-state index < -0.39 is 0 Å². The van der Waals surface area contributed by atoms with Crippen molar-refractivity contribution in [1.82, 2.24) is 9.78 Å². The maximum absolute atomic E-state index is 5.46. The van der Waals surface area contributed by atoms with Gasteiger partial charge >= 0.3 is 0 Å². The Morgan fingerprint density at radius 3 is 2.75 bits per heavy atom. The Morgan fingerprint density at radius 1 is 1.35 bits per heavy atom. The standard InChI is InChI=1S/C16H27N3O/c1-3-8-19-16(14-4-5-14)15(11-17-19)18-12(2)13-6-9-20-10-7-13/h11-14,18H,3-10H2,1-2H3. The fourth-order valence-electron chi connectivity index (χ4n) is 3.26. The second kappa shape index (κ2) is 6.17. The summed E-state index contributed by atoms with van der Waals surface area (Å²) in [6, 6.07) is 0.510. The molecular weight excluding hydrogens is 250 g/mol. The fourth-order valence-corrected chi connectivity index (χ4v) is 3.26. The van der Waals surface area contributed by atoms with Gasteiger partial charge in [-0.25, -0.2) is 0 Å². The highest BCUT2D eigenvalue weighted by Crippen LogP contribution is 2.43. The lowest BCUT2D eigenvalue weighted by molar-refractivity contribution is 0.0622. The third-order valence-corrected chi connectivity index (χ3v) is 4.64. The molecule has 1 aromatic rings. The highest BCUT2D eigenvalue weighted by atomic mass is 16.5. The lowest BCUT2D eigenvalue weighted by atomic mass is 9.93. The zero-order valence-corrected chi connectivity index (χ0v) is 12.8. The molecule has 0 bridgehead atoms. The summed E-state index contributed by atoms with van der Waals surface area (Å²) in [5, 5.41) is 8.34. The number of aromatic nitrogens is 2. The summed E-state index contributed by atoms with van der Waals surface area (Å²) in [5.74, 6) is 1.47. The molecule has 2 heterocycles. The van der Waals surface area contributed by atoms with Crippen molar-refractivity contribution in [3.63, 3.8) is 0 Å². The maximum atomic E-state index is 5.46. The van der Waals surface area contributed by atoms with Crippen molar-refractivity contribution in [3.05, 3.63) is 11.9 Å². The van der Waals surface area contributed by atoms with Crippen molar-refractivity contribution in [2.24, 2.45) is 5.92 Å². The summed E-state index contributed by atoms with van der Waals surface area (Å²) in [4.78, 5) is 0. The van der Waals surface area contributed by atoms with Crippen LogP contribution in [0.3, 0.4) is 0 Å². The maximum Gasteiger partial charge on any atom is 0.0764 e. The van der Waals surface area contributed by atoms with Gasteiger partial charge in [-0.15, -0.1) is 0 Å². The van der Waals surface area contributed by atoms with E-state index in [2.05, 4.69) is 28.9 Å². The molecule has 1 aromatic heterocycles. The van der Waals surface area contributed by atoms with Crippen LogP contribution in [0.15, 0.2) is 6.20 Å². The molecule has 0 aromatic carbocycles. The molecule has 112 valence electrons. The SMILES string of the molecule is CCCn1ncc(NC(C)C2CCOCC2)c1C1CC1. The summed E-state index contributed by atoms with van der Waals surface area (Å²) in [5.41, 5.74) is 2.73. The summed E-state index contributed by atoms with van der Waals surface area (Å²) in [6.45, 7) is 7.40. The lowest BCUT2D eigenvalue weighted by Crippen LogP contribution is -2.31. The minimum Gasteiger partial charge on any atom is -0.381 e. The van der Waals surface area contributed by atoms with Gasteiger partial charge in [-0.1, -0.05) is 6.92 Å². The monoisotopic (exact) mass is 277 g/mol. The van der Waals surface area contributed by atoms with Crippen LogP contribution in [0.2, 0.25) is 0 Å². The van der Waals surface area contributed by atoms with Crippen LogP contribution in [-0.4, -0.2) is 29.0 Å². The smallest absolute Gasteiger partial charge is 0.0764 e. The Morgan fingerprint density at radius 2 is 2.10 bits per heavy atom. The molecule has 2 fully saturated rings. The number of ether oxygens (including phenoxy) is 1. The van der Waals surface area contributed by atoms with Gasteiger partial charge in [-0.05, 0) is 44.9 Å². The van der Waals surface area contributed by atoms with Crippen molar-refractivity contribution in [2.45, 2.75) is 64.5 Å². The van der Waals surface area contributed by atoms with Crippen molar-refractivity contribution in [2.75, 3.05) is 18.5 Å². The molecule has 1 aliphatic heterocycles. The summed E-state index contributed by atoms with van der Waals surface area (Å²) in [6.07, 6.45) is 8.20. The minimum absolute atomic E-state index is 0.510. The average molecular weight is 277 g/mol. The Labute approximate surface area is 121 Å². The predicted molar refractivity (Wildman–Crippen MR) is 81.1 cm³/mol. The molecule has 1 N–H and O–H groups in total. The van der Waals surface area contributed by atoms with Crippen LogP contribution in [0, 0.1) is 5.92 Å². The Bertz CT molecular complexity index is 433. The van der Waals surface area contributed by atoms with E-state index in [1.54, 1.807) is 0 Å². The van der Waals surface area contributed by atoms with Gasteiger partial charge in [0.2, 0.25) is 0 Å². The predicted octanol–water partition coefficient (Wildman–Crippen LogP) is 3.40. The third kappa shape index (κ3) is 3.00. The van der Waals surface area contributed by atoms with Gasteiger partial charge in [0.1, 0.15) is 0 Å². The molecule has 4 nitrogen and oxygen atoms in total. The van der Waals surface area contributed by atoms with Gasteiger partial charge in [0.25, 0.3) is 0 Å². The van der Waals surface area contributed by atoms with Crippen LogP contribution >= 0.6 is 0 Å². The van der Waals surface area contributed by atoms with Gasteiger partial charge in [-0.2, -0.15) is 5.10 Å². The van der Waals surface area contributed by atoms with Gasteiger partial charge in [0, 0.05) is 31.7 Å². The van der Waals surface area contributed by atoms with E-state index in [1.165, 1.54) is 37.1 Å². The number of hydrogen-bond donors (Lipinski definition) is 1. The van der Waals surface area contributed by atoms with E-state index in [4.69, 9.17) is 4.74 Å². The van der Waals surface area contributed by atoms with Crippen molar-refractivity contribution in [1.29, 1.82) is 0 Å².